The zero-order valence-electron chi connectivity index (χ0n) is 11.0. The van der Waals surface area contributed by atoms with Gasteiger partial charge in [-0.05, 0) is 37.2 Å². The van der Waals surface area contributed by atoms with Crippen molar-refractivity contribution in [1.29, 1.82) is 0 Å². The van der Waals surface area contributed by atoms with Crippen molar-refractivity contribution in [2.45, 2.75) is 39.0 Å². The highest BCUT2D eigenvalue weighted by molar-refractivity contribution is 5.66. The fraction of sp³-hybridized carbons (Fsp3) is 0.438. The first-order valence-corrected chi connectivity index (χ1v) is 6.61. The smallest absolute Gasteiger partial charge is 0.303 e. The molecule has 0 aromatic heterocycles. The molecule has 0 radical (unpaired) electrons. The van der Waals surface area contributed by atoms with Gasteiger partial charge in [-0.1, -0.05) is 49.4 Å². The predicted molar refractivity (Wildman–Crippen MR) is 74.6 cm³/mol. The van der Waals surface area contributed by atoms with Crippen molar-refractivity contribution in [1.82, 2.24) is 0 Å². The number of benzene rings is 1. The van der Waals surface area contributed by atoms with Gasteiger partial charge in [-0.2, -0.15) is 0 Å². The maximum atomic E-state index is 10.3. The molecule has 1 aromatic carbocycles. The molecule has 1 aromatic rings. The van der Waals surface area contributed by atoms with Crippen LogP contribution < -0.4 is 0 Å². The predicted octanol–water partition coefficient (Wildman–Crippen LogP) is 4.07. The summed E-state index contributed by atoms with van der Waals surface area (Å²) in [4.78, 5) is 10.3. The van der Waals surface area contributed by atoms with Gasteiger partial charge in [0, 0.05) is 6.42 Å². The molecule has 0 aliphatic heterocycles. The summed E-state index contributed by atoms with van der Waals surface area (Å²) < 4.78 is 0. The Morgan fingerprint density at radius 2 is 2.06 bits per heavy atom. The van der Waals surface area contributed by atoms with Crippen molar-refractivity contribution in [3.05, 3.63) is 48.0 Å². The summed E-state index contributed by atoms with van der Waals surface area (Å²) in [5.41, 5.74) is 1.39. The molecule has 1 unspecified atom stereocenters. The van der Waals surface area contributed by atoms with Crippen LogP contribution in [0.2, 0.25) is 0 Å². The molecular formula is C16H22O2. The van der Waals surface area contributed by atoms with Crippen LogP contribution >= 0.6 is 0 Å². The van der Waals surface area contributed by atoms with Crippen molar-refractivity contribution in [3.8, 4) is 0 Å². The van der Waals surface area contributed by atoms with Crippen molar-refractivity contribution in [3.63, 3.8) is 0 Å². The summed E-state index contributed by atoms with van der Waals surface area (Å²) in [7, 11) is 0. The van der Waals surface area contributed by atoms with Crippen LogP contribution in [0.15, 0.2) is 42.5 Å². The molecule has 0 spiro atoms. The molecule has 0 amide bonds. The minimum Gasteiger partial charge on any atom is -0.481 e. The fourth-order valence-corrected chi connectivity index (χ4v) is 1.90. The number of aliphatic carboxylic acids is 1. The number of rotatable bonds is 8. The first-order chi connectivity index (χ1) is 8.68. The summed E-state index contributed by atoms with van der Waals surface area (Å²) >= 11 is 0. The molecule has 0 aliphatic carbocycles. The van der Waals surface area contributed by atoms with Gasteiger partial charge in [0.05, 0.1) is 0 Å². The monoisotopic (exact) mass is 246 g/mol. The molecule has 0 aliphatic rings. The minimum atomic E-state index is -0.726. The van der Waals surface area contributed by atoms with Crippen LogP contribution in [0.1, 0.15) is 38.2 Å². The van der Waals surface area contributed by atoms with Gasteiger partial charge in [-0.3, -0.25) is 4.79 Å². The summed E-state index contributed by atoms with van der Waals surface area (Å²) in [5.74, 6) is -0.195. The second kappa shape index (κ2) is 8.51. The lowest BCUT2D eigenvalue weighted by Crippen LogP contribution is -1.94. The summed E-state index contributed by atoms with van der Waals surface area (Å²) in [6.07, 6.45) is 8.43. The Bertz CT molecular complexity index is 368. The molecule has 2 nitrogen and oxygen atoms in total. The van der Waals surface area contributed by atoms with E-state index in [0.29, 0.717) is 12.3 Å². The molecule has 1 atom stereocenters. The third-order valence-corrected chi connectivity index (χ3v) is 2.96. The van der Waals surface area contributed by atoms with E-state index < -0.39 is 5.97 Å². The topological polar surface area (TPSA) is 37.3 Å². The summed E-state index contributed by atoms with van der Waals surface area (Å²) in [6, 6.07) is 10.5. The lowest BCUT2D eigenvalue weighted by molar-refractivity contribution is -0.136. The van der Waals surface area contributed by atoms with E-state index in [1.165, 1.54) is 12.0 Å². The van der Waals surface area contributed by atoms with Gasteiger partial charge >= 0.3 is 5.97 Å². The fourth-order valence-electron chi connectivity index (χ4n) is 1.90. The third-order valence-electron chi connectivity index (χ3n) is 2.96. The molecule has 0 bridgehead atoms. The van der Waals surface area contributed by atoms with Crippen molar-refractivity contribution >= 4 is 5.97 Å². The quantitative estimate of drug-likeness (QED) is 0.702. The lowest BCUT2D eigenvalue weighted by Gasteiger charge is -2.06. The standard InChI is InChI=1S/C16H22O2/c1-14(8-5-6-13-16(17)18)9-7-12-15-10-3-2-4-11-15/h2-5,8,10-11,14H,6-7,9,12-13H2,1H3,(H,17,18). The second-order valence-electron chi connectivity index (χ2n) is 4.72. The van der Waals surface area contributed by atoms with E-state index >= 15 is 0 Å². The maximum absolute atomic E-state index is 10.3. The van der Waals surface area contributed by atoms with E-state index in [1.807, 2.05) is 12.1 Å². The zero-order valence-corrected chi connectivity index (χ0v) is 11.0. The van der Waals surface area contributed by atoms with E-state index in [-0.39, 0.29) is 6.42 Å². The van der Waals surface area contributed by atoms with Gasteiger partial charge in [0.25, 0.3) is 0 Å². The van der Waals surface area contributed by atoms with Crippen LogP contribution in [0.5, 0.6) is 0 Å². The van der Waals surface area contributed by atoms with E-state index in [2.05, 4.69) is 37.3 Å². The molecule has 0 saturated heterocycles. The number of hydrogen-bond donors (Lipinski definition) is 1. The van der Waals surface area contributed by atoms with Gasteiger partial charge in [-0.15, -0.1) is 0 Å². The Hall–Kier alpha value is -1.57. The first-order valence-electron chi connectivity index (χ1n) is 6.61. The van der Waals surface area contributed by atoms with Gasteiger partial charge in [-0.25, -0.2) is 0 Å². The number of allylic oxidation sites excluding steroid dienone is 2. The van der Waals surface area contributed by atoms with Crippen LogP contribution in [0.4, 0.5) is 0 Å². The third kappa shape index (κ3) is 6.89. The Kier molecular flexibility index (Phi) is 6.85. The highest BCUT2D eigenvalue weighted by Gasteiger charge is 1.98. The van der Waals surface area contributed by atoms with Crippen LogP contribution in [-0.4, -0.2) is 11.1 Å². The summed E-state index contributed by atoms with van der Waals surface area (Å²) in [5, 5.41) is 8.51. The normalized spacial score (nSPS) is 12.7. The highest BCUT2D eigenvalue weighted by Crippen LogP contribution is 2.12. The second-order valence-corrected chi connectivity index (χ2v) is 4.72. The van der Waals surface area contributed by atoms with Gasteiger partial charge < -0.3 is 5.11 Å². The molecule has 1 rings (SSSR count). The molecule has 1 N–H and O–H groups in total. The van der Waals surface area contributed by atoms with Crippen LogP contribution in [-0.2, 0) is 11.2 Å². The molecule has 98 valence electrons. The number of carboxylic acids is 1. The van der Waals surface area contributed by atoms with E-state index in [1.54, 1.807) is 0 Å². The Labute approximate surface area is 109 Å². The lowest BCUT2D eigenvalue weighted by atomic mass is 10.0. The summed E-state index contributed by atoms with van der Waals surface area (Å²) in [6.45, 7) is 2.18. The van der Waals surface area contributed by atoms with Crippen LogP contribution in [0.25, 0.3) is 0 Å². The SMILES string of the molecule is CC(C=CCCC(=O)O)CCCc1ccccc1. The maximum Gasteiger partial charge on any atom is 0.303 e. The van der Waals surface area contributed by atoms with Gasteiger partial charge in [0.1, 0.15) is 0 Å². The number of hydrogen-bond acceptors (Lipinski definition) is 1. The molecule has 0 fully saturated rings. The molecule has 2 heteroatoms. The van der Waals surface area contributed by atoms with Crippen molar-refractivity contribution in [2.75, 3.05) is 0 Å². The van der Waals surface area contributed by atoms with Crippen molar-refractivity contribution < 1.29 is 9.90 Å². The minimum absolute atomic E-state index is 0.229. The van der Waals surface area contributed by atoms with Gasteiger partial charge in [0.15, 0.2) is 0 Å². The zero-order chi connectivity index (χ0) is 13.2. The number of aryl methyl sites for hydroxylation is 1. The Balaban J connectivity index is 2.13. The number of carbonyl (C=O) groups is 1. The average molecular weight is 246 g/mol. The first kappa shape index (κ1) is 14.5. The number of carboxylic acid groups (broad SMARTS) is 1. The van der Waals surface area contributed by atoms with E-state index in [4.69, 9.17) is 5.11 Å². The van der Waals surface area contributed by atoms with Crippen molar-refractivity contribution in [2.24, 2.45) is 5.92 Å². The highest BCUT2D eigenvalue weighted by atomic mass is 16.4. The van der Waals surface area contributed by atoms with Gasteiger partial charge in [0.2, 0.25) is 0 Å². The molecule has 0 heterocycles. The molecule has 0 saturated carbocycles. The van der Waals surface area contributed by atoms with Crippen LogP contribution in [0, 0.1) is 5.92 Å². The van der Waals surface area contributed by atoms with E-state index in [9.17, 15) is 4.79 Å². The van der Waals surface area contributed by atoms with Crippen LogP contribution in [0.3, 0.4) is 0 Å². The Morgan fingerprint density at radius 1 is 1.33 bits per heavy atom. The molecular weight excluding hydrogens is 224 g/mol. The molecule has 18 heavy (non-hydrogen) atoms. The van der Waals surface area contributed by atoms with E-state index in [0.717, 1.165) is 12.8 Å². The largest absolute Gasteiger partial charge is 0.481 e. The Morgan fingerprint density at radius 3 is 2.72 bits per heavy atom. The average Bonchev–Trinajstić information content (AvgIpc) is 2.36.